The molecule has 1 aromatic heterocycles. The molecule has 2 aromatic rings. The van der Waals surface area contributed by atoms with E-state index in [2.05, 4.69) is 40.9 Å². The molecule has 3 atom stereocenters. The van der Waals surface area contributed by atoms with Gasteiger partial charge in [0, 0.05) is 28.6 Å². The molecule has 8 nitrogen and oxygen atoms in total. The molecule has 10 heteroatoms. The number of benzene rings is 1. The predicted octanol–water partition coefficient (Wildman–Crippen LogP) is -0.0485. The van der Waals surface area contributed by atoms with Crippen LogP contribution in [-0.2, 0) is 20.8 Å². The van der Waals surface area contributed by atoms with Crippen LogP contribution in [0.25, 0.3) is 10.9 Å². The van der Waals surface area contributed by atoms with Crippen LogP contribution in [0.5, 0.6) is 0 Å². The highest BCUT2D eigenvalue weighted by atomic mass is 32.1. The molecule has 0 bridgehead atoms. The number of carboxylic acids is 1. The number of aromatic amines is 1. The van der Waals surface area contributed by atoms with Crippen LogP contribution < -0.4 is 16.4 Å². The van der Waals surface area contributed by atoms with Gasteiger partial charge in [-0.2, -0.15) is 25.3 Å². The number of carbonyl (C=O) groups excluding carboxylic acids is 2. The van der Waals surface area contributed by atoms with Crippen molar-refractivity contribution in [3.05, 3.63) is 36.0 Å². The van der Waals surface area contributed by atoms with Crippen LogP contribution >= 0.6 is 25.3 Å². The zero-order valence-corrected chi connectivity index (χ0v) is 16.2. The summed E-state index contributed by atoms with van der Waals surface area (Å²) in [6.07, 6.45) is 2.08. The lowest BCUT2D eigenvalue weighted by atomic mass is 10.0. The van der Waals surface area contributed by atoms with Gasteiger partial charge in [-0.3, -0.25) is 9.59 Å². The molecule has 0 aliphatic carbocycles. The predicted molar refractivity (Wildman–Crippen MR) is 109 cm³/mol. The molecule has 2 amide bonds. The van der Waals surface area contributed by atoms with E-state index in [1.165, 1.54) is 0 Å². The lowest BCUT2D eigenvalue weighted by Crippen LogP contribution is -2.55. The van der Waals surface area contributed by atoms with Gasteiger partial charge < -0.3 is 26.5 Å². The summed E-state index contributed by atoms with van der Waals surface area (Å²) in [5.74, 6) is -2.46. The molecule has 27 heavy (non-hydrogen) atoms. The van der Waals surface area contributed by atoms with Gasteiger partial charge in [0.2, 0.25) is 11.8 Å². The van der Waals surface area contributed by atoms with Crippen LogP contribution in [0.3, 0.4) is 0 Å². The third-order valence-electron chi connectivity index (χ3n) is 4.06. The Morgan fingerprint density at radius 2 is 1.70 bits per heavy atom. The van der Waals surface area contributed by atoms with Crippen molar-refractivity contribution < 1.29 is 19.5 Å². The molecule has 1 heterocycles. The van der Waals surface area contributed by atoms with Crippen LogP contribution in [0.15, 0.2) is 30.5 Å². The molecule has 6 N–H and O–H groups in total. The second-order valence-corrected chi connectivity index (χ2v) is 6.73. The SMILES string of the molecule is NC(Cc1c[nH]c2ccccc12)C(=O)NC(CS)C(=O)NC(CS)C(=O)O. The molecule has 0 aliphatic rings. The number of carboxylic acid groups (broad SMARTS) is 1. The van der Waals surface area contributed by atoms with E-state index >= 15 is 0 Å². The molecule has 3 unspecified atom stereocenters. The number of hydrogen-bond acceptors (Lipinski definition) is 6. The Morgan fingerprint density at radius 1 is 1.07 bits per heavy atom. The molecule has 0 saturated carbocycles. The first kappa shape index (κ1) is 21.1. The Labute approximate surface area is 167 Å². The first-order valence-corrected chi connectivity index (χ1v) is 9.49. The Bertz CT molecular complexity index is 826. The molecule has 0 spiro atoms. The maximum Gasteiger partial charge on any atom is 0.327 e. The average Bonchev–Trinajstić information content (AvgIpc) is 3.06. The Morgan fingerprint density at radius 3 is 2.33 bits per heavy atom. The second kappa shape index (κ2) is 9.67. The zero-order valence-electron chi connectivity index (χ0n) is 14.4. The summed E-state index contributed by atoms with van der Waals surface area (Å²) in [5, 5.41) is 14.8. The molecular weight excluding hydrogens is 388 g/mol. The zero-order chi connectivity index (χ0) is 20.0. The minimum absolute atomic E-state index is 0.00368. The maximum absolute atomic E-state index is 12.4. The van der Waals surface area contributed by atoms with Gasteiger partial charge in [-0.15, -0.1) is 0 Å². The van der Waals surface area contributed by atoms with E-state index in [4.69, 9.17) is 10.8 Å². The molecule has 146 valence electrons. The number of hydrogen-bond donors (Lipinski definition) is 7. The third-order valence-corrected chi connectivity index (χ3v) is 4.79. The van der Waals surface area contributed by atoms with Crippen molar-refractivity contribution in [3.63, 3.8) is 0 Å². The van der Waals surface area contributed by atoms with Gasteiger partial charge in [0.1, 0.15) is 12.1 Å². The summed E-state index contributed by atoms with van der Waals surface area (Å²) in [6, 6.07) is 4.62. The van der Waals surface area contributed by atoms with Crippen LogP contribution in [0.1, 0.15) is 5.56 Å². The fourth-order valence-corrected chi connectivity index (χ4v) is 3.07. The number of para-hydroxylation sites is 1. The summed E-state index contributed by atoms with van der Waals surface area (Å²) in [6.45, 7) is 0. The quantitative estimate of drug-likeness (QED) is 0.291. The highest BCUT2D eigenvalue weighted by Crippen LogP contribution is 2.18. The van der Waals surface area contributed by atoms with Crippen molar-refractivity contribution in [2.75, 3.05) is 11.5 Å². The Balaban J connectivity index is 1.98. The molecule has 2 rings (SSSR count). The monoisotopic (exact) mass is 410 g/mol. The van der Waals surface area contributed by atoms with Crippen LogP contribution in [0, 0.1) is 0 Å². The highest BCUT2D eigenvalue weighted by molar-refractivity contribution is 7.80. The third kappa shape index (κ3) is 5.41. The summed E-state index contributed by atoms with van der Waals surface area (Å²) in [5.41, 5.74) is 7.82. The summed E-state index contributed by atoms with van der Waals surface area (Å²) in [4.78, 5) is 38.7. The first-order valence-electron chi connectivity index (χ1n) is 8.23. The molecular formula is C17H22N4O4S2. The molecule has 0 saturated heterocycles. The number of nitrogens with one attached hydrogen (secondary N) is 3. The van der Waals surface area contributed by atoms with Gasteiger partial charge in [0.05, 0.1) is 6.04 Å². The van der Waals surface area contributed by atoms with Crippen molar-refractivity contribution in [3.8, 4) is 0 Å². The van der Waals surface area contributed by atoms with Gasteiger partial charge >= 0.3 is 5.97 Å². The number of rotatable bonds is 9. The highest BCUT2D eigenvalue weighted by Gasteiger charge is 2.26. The standard InChI is InChI=1S/C17H22N4O4S2/c18-11(5-9-6-19-12-4-2-1-3-10(9)12)15(22)20-13(7-26)16(23)21-14(8-27)17(24)25/h1-4,6,11,13-14,19,26-27H,5,7-8,18H2,(H,20,22)(H,21,23)(H,24,25). The number of H-pyrrole nitrogens is 1. The van der Waals surface area contributed by atoms with Crippen molar-refractivity contribution >= 4 is 53.9 Å². The Kier molecular flexibility index (Phi) is 7.57. The maximum atomic E-state index is 12.4. The number of aliphatic carboxylic acids is 1. The molecule has 1 aromatic carbocycles. The Hall–Kier alpha value is -2.17. The minimum atomic E-state index is -1.21. The van der Waals surface area contributed by atoms with Crippen molar-refractivity contribution in [2.45, 2.75) is 24.5 Å². The van der Waals surface area contributed by atoms with E-state index in [1.807, 2.05) is 24.3 Å². The summed E-state index contributed by atoms with van der Waals surface area (Å²) < 4.78 is 0. The number of aromatic nitrogens is 1. The van der Waals surface area contributed by atoms with Crippen LogP contribution in [0.2, 0.25) is 0 Å². The normalized spacial score (nSPS) is 14.3. The molecule has 0 fully saturated rings. The van der Waals surface area contributed by atoms with Crippen molar-refractivity contribution in [2.24, 2.45) is 5.73 Å². The van der Waals surface area contributed by atoms with Crippen LogP contribution in [0.4, 0.5) is 0 Å². The fraction of sp³-hybridized carbons (Fsp3) is 0.353. The summed E-state index contributed by atoms with van der Waals surface area (Å²) >= 11 is 7.93. The van der Waals surface area contributed by atoms with E-state index in [9.17, 15) is 14.4 Å². The second-order valence-electron chi connectivity index (χ2n) is 6.00. The molecule has 0 radical (unpaired) electrons. The van der Waals surface area contributed by atoms with E-state index in [-0.39, 0.29) is 17.9 Å². The number of amides is 2. The van der Waals surface area contributed by atoms with Gasteiger partial charge in [0.25, 0.3) is 0 Å². The minimum Gasteiger partial charge on any atom is -0.480 e. The van der Waals surface area contributed by atoms with E-state index in [0.717, 1.165) is 16.5 Å². The lowest BCUT2D eigenvalue weighted by molar-refractivity contribution is -0.141. The number of nitrogens with two attached hydrogens (primary N) is 1. The van der Waals surface area contributed by atoms with Gasteiger partial charge in [-0.25, -0.2) is 4.79 Å². The first-order chi connectivity index (χ1) is 12.9. The summed E-state index contributed by atoms with van der Waals surface area (Å²) in [7, 11) is 0. The number of fused-ring (bicyclic) bond motifs is 1. The number of carbonyl (C=O) groups is 3. The van der Waals surface area contributed by atoms with Crippen molar-refractivity contribution in [1.82, 2.24) is 15.6 Å². The van der Waals surface area contributed by atoms with E-state index in [0.29, 0.717) is 0 Å². The topological polar surface area (TPSA) is 137 Å². The van der Waals surface area contributed by atoms with Gasteiger partial charge in [0.15, 0.2) is 0 Å². The largest absolute Gasteiger partial charge is 0.480 e. The van der Waals surface area contributed by atoms with Gasteiger partial charge in [-0.05, 0) is 18.1 Å². The number of thiol groups is 2. The molecule has 0 aliphatic heterocycles. The van der Waals surface area contributed by atoms with E-state index < -0.39 is 35.9 Å². The van der Waals surface area contributed by atoms with E-state index in [1.54, 1.807) is 6.20 Å². The fourth-order valence-electron chi connectivity index (χ4n) is 2.56. The lowest BCUT2D eigenvalue weighted by Gasteiger charge is -2.21. The average molecular weight is 411 g/mol. The smallest absolute Gasteiger partial charge is 0.327 e. The van der Waals surface area contributed by atoms with Crippen molar-refractivity contribution in [1.29, 1.82) is 0 Å². The van der Waals surface area contributed by atoms with Crippen LogP contribution in [-0.4, -0.2) is 57.5 Å². The van der Waals surface area contributed by atoms with Gasteiger partial charge in [-0.1, -0.05) is 18.2 Å².